The van der Waals surface area contributed by atoms with E-state index in [1.54, 1.807) is 0 Å². The first-order valence-corrected chi connectivity index (χ1v) is 8.17. The number of halogens is 2. The van der Waals surface area contributed by atoms with E-state index >= 15 is 0 Å². The SMILES string of the molecule is Clc1nc(-c2ccc3c(c2)CCO3)nc(C2CC2)c1I. The van der Waals surface area contributed by atoms with Gasteiger partial charge in [-0.15, -0.1) is 0 Å². The van der Waals surface area contributed by atoms with E-state index in [9.17, 15) is 0 Å². The van der Waals surface area contributed by atoms with Crippen LogP contribution in [0.15, 0.2) is 18.2 Å². The Hall–Kier alpha value is -0.880. The van der Waals surface area contributed by atoms with E-state index in [1.165, 1.54) is 18.4 Å². The van der Waals surface area contributed by atoms with Crippen LogP contribution in [0.1, 0.15) is 30.0 Å². The Kier molecular flexibility index (Phi) is 3.11. The molecule has 2 heterocycles. The summed E-state index contributed by atoms with van der Waals surface area (Å²) in [5, 5.41) is 0.564. The molecule has 0 spiro atoms. The predicted octanol–water partition coefficient (Wildman–Crippen LogP) is 4.21. The lowest BCUT2D eigenvalue weighted by atomic mass is 10.1. The maximum absolute atomic E-state index is 6.27. The number of fused-ring (bicyclic) bond motifs is 1. The van der Waals surface area contributed by atoms with Crippen molar-refractivity contribution in [3.8, 4) is 17.1 Å². The van der Waals surface area contributed by atoms with Crippen LogP contribution in [0, 0.1) is 3.57 Å². The highest BCUT2D eigenvalue weighted by Gasteiger charge is 2.29. The molecule has 4 rings (SSSR count). The van der Waals surface area contributed by atoms with Crippen molar-refractivity contribution in [1.82, 2.24) is 9.97 Å². The molecule has 0 saturated heterocycles. The minimum atomic E-state index is 0.564. The number of benzene rings is 1. The van der Waals surface area contributed by atoms with E-state index in [-0.39, 0.29) is 0 Å². The van der Waals surface area contributed by atoms with Gasteiger partial charge in [0, 0.05) is 17.9 Å². The zero-order valence-corrected chi connectivity index (χ0v) is 13.6. The van der Waals surface area contributed by atoms with Crippen LogP contribution >= 0.6 is 34.2 Å². The minimum absolute atomic E-state index is 0.564. The molecule has 1 aliphatic carbocycles. The molecule has 20 heavy (non-hydrogen) atoms. The number of hydrogen-bond acceptors (Lipinski definition) is 3. The van der Waals surface area contributed by atoms with Crippen molar-refractivity contribution in [2.45, 2.75) is 25.2 Å². The maximum atomic E-state index is 6.27. The fourth-order valence-electron chi connectivity index (χ4n) is 2.52. The quantitative estimate of drug-likeness (QED) is 0.561. The highest BCUT2D eigenvalue weighted by Crippen LogP contribution is 2.43. The molecule has 3 nitrogen and oxygen atoms in total. The minimum Gasteiger partial charge on any atom is -0.493 e. The third-order valence-electron chi connectivity index (χ3n) is 3.75. The monoisotopic (exact) mass is 398 g/mol. The maximum Gasteiger partial charge on any atom is 0.161 e. The topological polar surface area (TPSA) is 35.0 Å². The molecule has 0 radical (unpaired) electrons. The molecule has 1 saturated carbocycles. The molecule has 0 bridgehead atoms. The molecule has 102 valence electrons. The van der Waals surface area contributed by atoms with Gasteiger partial charge in [0.2, 0.25) is 0 Å². The van der Waals surface area contributed by atoms with Gasteiger partial charge in [-0.05, 0) is 59.2 Å². The number of nitrogens with zero attached hydrogens (tertiary/aromatic N) is 2. The van der Waals surface area contributed by atoms with Gasteiger partial charge in [0.05, 0.1) is 15.9 Å². The van der Waals surface area contributed by atoms with Gasteiger partial charge in [-0.1, -0.05) is 11.6 Å². The van der Waals surface area contributed by atoms with E-state index in [0.29, 0.717) is 11.1 Å². The van der Waals surface area contributed by atoms with Crippen molar-refractivity contribution in [2.24, 2.45) is 0 Å². The highest BCUT2D eigenvalue weighted by molar-refractivity contribution is 14.1. The van der Waals surface area contributed by atoms with E-state index in [1.807, 2.05) is 12.1 Å². The molecule has 1 fully saturated rings. The van der Waals surface area contributed by atoms with Crippen LogP contribution in [0.25, 0.3) is 11.4 Å². The van der Waals surface area contributed by atoms with E-state index in [0.717, 1.165) is 39.4 Å². The Morgan fingerprint density at radius 1 is 1.25 bits per heavy atom. The van der Waals surface area contributed by atoms with Crippen LogP contribution < -0.4 is 4.74 Å². The zero-order chi connectivity index (χ0) is 13.7. The summed E-state index contributed by atoms with van der Waals surface area (Å²) in [4.78, 5) is 9.19. The summed E-state index contributed by atoms with van der Waals surface area (Å²) in [5.74, 6) is 2.28. The number of hydrogen-bond donors (Lipinski definition) is 0. The molecule has 2 aromatic rings. The van der Waals surface area contributed by atoms with Crippen molar-refractivity contribution >= 4 is 34.2 Å². The average Bonchev–Trinajstić information content (AvgIpc) is 3.18. The second-order valence-corrected chi connectivity index (χ2v) is 6.67. The van der Waals surface area contributed by atoms with Crippen LogP contribution in [0.2, 0.25) is 5.15 Å². The smallest absolute Gasteiger partial charge is 0.161 e. The second-order valence-electron chi connectivity index (χ2n) is 5.23. The molecule has 0 amide bonds. The predicted molar refractivity (Wildman–Crippen MR) is 86.4 cm³/mol. The lowest BCUT2D eigenvalue weighted by Gasteiger charge is -2.08. The Morgan fingerprint density at radius 3 is 2.90 bits per heavy atom. The molecule has 0 atom stereocenters. The summed E-state index contributed by atoms with van der Waals surface area (Å²) in [6, 6.07) is 6.14. The average molecular weight is 399 g/mol. The molecule has 1 aromatic heterocycles. The fourth-order valence-corrected chi connectivity index (χ4v) is 3.38. The van der Waals surface area contributed by atoms with Gasteiger partial charge in [0.25, 0.3) is 0 Å². The Morgan fingerprint density at radius 2 is 2.10 bits per heavy atom. The summed E-state index contributed by atoms with van der Waals surface area (Å²) in [7, 11) is 0. The number of aromatic nitrogens is 2. The molecule has 5 heteroatoms. The van der Waals surface area contributed by atoms with Crippen LogP contribution in [-0.2, 0) is 6.42 Å². The summed E-state index contributed by atoms with van der Waals surface area (Å²) in [5.41, 5.74) is 3.36. The molecular formula is C15H12ClIN2O. The molecular weight excluding hydrogens is 387 g/mol. The molecule has 1 aliphatic heterocycles. The largest absolute Gasteiger partial charge is 0.493 e. The number of rotatable bonds is 2. The molecule has 0 unspecified atom stereocenters. The summed E-state index contributed by atoms with van der Waals surface area (Å²) in [6.07, 6.45) is 3.37. The van der Waals surface area contributed by atoms with Crippen LogP contribution in [-0.4, -0.2) is 16.6 Å². The Balaban J connectivity index is 1.82. The van der Waals surface area contributed by atoms with E-state index < -0.39 is 0 Å². The zero-order valence-electron chi connectivity index (χ0n) is 10.7. The lowest BCUT2D eigenvalue weighted by Crippen LogP contribution is -1.99. The van der Waals surface area contributed by atoms with Crippen molar-refractivity contribution in [3.63, 3.8) is 0 Å². The fraction of sp³-hybridized carbons (Fsp3) is 0.333. The normalized spacial score (nSPS) is 16.9. The van der Waals surface area contributed by atoms with Gasteiger partial charge in [-0.2, -0.15) is 0 Å². The summed E-state index contributed by atoms with van der Waals surface area (Å²) in [6.45, 7) is 0.764. The highest BCUT2D eigenvalue weighted by atomic mass is 127. The lowest BCUT2D eigenvalue weighted by molar-refractivity contribution is 0.357. The van der Waals surface area contributed by atoms with Gasteiger partial charge in [-0.25, -0.2) is 9.97 Å². The summed E-state index contributed by atoms with van der Waals surface area (Å²) >= 11 is 8.52. The molecule has 0 N–H and O–H groups in total. The van der Waals surface area contributed by atoms with Gasteiger partial charge < -0.3 is 4.74 Å². The first kappa shape index (κ1) is 12.8. The van der Waals surface area contributed by atoms with Gasteiger partial charge >= 0.3 is 0 Å². The third kappa shape index (κ3) is 2.19. The Labute approximate surface area is 135 Å². The molecule has 2 aliphatic rings. The van der Waals surface area contributed by atoms with Crippen molar-refractivity contribution < 1.29 is 4.74 Å². The van der Waals surface area contributed by atoms with E-state index in [2.05, 4.69) is 33.6 Å². The second kappa shape index (κ2) is 4.84. The first-order chi connectivity index (χ1) is 9.72. The molecule has 1 aromatic carbocycles. The van der Waals surface area contributed by atoms with Gasteiger partial charge in [0.15, 0.2) is 5.82 Å². The van der Waals surface area contributed by atoms with Crippen LogP contribution in [0.4, 0.5) is 0 Å². The van der Waals surface area contributed by atoms with Crippen molar-refractivity contribution in [2.75, 3.05) is 6.61 Å². The van der Waals surface area contributed by atoms with E-state index in [4.69, 9.17) is 21.3 Å². The third-order valence-corrected chi connectivity index (χ3v) is 5.40. The van der Waals surface area contributed by atoms with Crippen LogP contribution in [0.5, 0.6) is 5.75 Å². The summed E-state index contributed by atoms with van der Waals surface area (Å²) < 4.78 is 6.54. The first-order valence-electron chi connectivity index (χ1n) is 6.71. The van der Waals surface area contributed by atoms with Gasteiger partial charge in [0.1, 0.15) is 10.9 Å². The van der Waals surface area contributed by atoms with Crippen molar-refractivity contribution in [1.29, 1.82) is 0 Å². The number of ether oxygens (including phenoxy) is 1. The standard InChI is InChI=1S/C15H12ClIN2O/c16-14-12(17)13(8-1-2-8)18-15(19-14)10-3-4-11-9(7-10)5-6-20-11/h3-4,7-8H,1-2,5-6H2. The van der Waals surface area contributed by atoms with Gasteiger partial charge in [-0.3, -0.25) is 0 Å². The van der Waals surface area contributed by atoms with Crippen molar-refractivity contribution in [3.05, 3.63) is 38.2 Å². The Bertz CT molecular complexity index is 701. The van der Waals surface area contributed by atoms with Crippen LogP contribution in [0.3, 0.4) is 0 Å².